The van der Waals surface area contributed by atoms with Crippen LogP contribution in [0.25, 0.3) is 0 Å². The summed E-state index contributed by atoms with van der Waals surface area (Å²) in [6, 6.07) is 14.8. The van der Waals surface area contributed by atoms with E-state index in [0.29, 0.717) is 29.3 Å². The molecule has 2 aromatic carbocycles. The SMILES string of the molecule is Cc1cc(C#Cc2ccc(NC(=O)Nc3cc(C(C)(C)C)on3)cc2)ccc1OCCCN1CCC2(COC2)C1. The first-order valence-corrected chi connectivity index (χ1v) is 13.9. The van der Waals surface area contributed by atoms with E-state index in [9.17, 15) is 4.79 Å². The molecule has 0 bridgehead atoms. The van der Waals surface area contributed by atoms with Crippen LogP contribution in [0.1, 0.15) is 56.1 Å². The first-order valence-electron chi connectivity index (χ1n) is 13.9. The molecule has 2 N–H and O–H groups in total. The number of likely N-dealkylation sites (tertiary alicyclic amines) is 1. The quantitative estimate of drug-likeness (QED) is 0.289. The van der Waals surface area contributed by atoms with Crippen molar-refractivity contribution in [1.82, 2.24) is 10.1 Å². The van der Waals surface area contributed by atoms with Crippen LogP contribution >= 0.6 is 0 Å². The number of hydrogen-bond donors (Lipinski definition) is 2. The minimum absolute atomic E-state index is 0.183. The second-order valence-corrected chi connectivity index (χ2v) is 11.9. The summed E-state index contributed by atoms with van der Waals surface area (Å²) >= 11 is 0. The molecule has 3 aromatic rings. The molecule has 2 fully saturated rings. The van der Waals surface area contributed by atoms with E-state index in [4.69, 9.17) is 14.0 Å². The fourth-order valence-electron chi connectivity index (χ4n) is 4.95. The monoisotopic (exact) mass is 542 g/mol. The lowest BCUT2D eigenvalue weighted by atomic mass is 9.85. The number of anilines is 2. The van der Waals surface area contributed by atoms with Crippen LogP contribution in [0.4, 0.5) is 16.3 Å². The number of carbonyl (C=O) groups excluding carboxylic acids is 1. The fourth-order valence-corrected chi connectivity index (χ4v) is 4.95. The number of urea groups is 1. The third-order valence-corrected chi connectivity index (χ3v) is 7.37. The molecule has 2 aliphatic heterocycles. The maximum atomic E-state index is 12.3. The van der Waals surface area contributed by atoms with Gasteiger partial charge >= 0.3 is 6.03 Å². The molecular weight excluding hydrogens is 504 g/mol. The van der Waals surface area contributed by atoms with Crippen molar-refractivity contribution in [2.24, 2.45) is 5.41 Å². The highest BCUT2D eigenvalue weighted by Crippen LogP contribution is 2.37. The van der Waals surface area contributed by atoms with Gasteiger partial charge < -0.3 is 24.2 Å². The third-order valence-electron chi connectivity index (χ3n) is 7.37. The Morgan fingerprint density at radius 1 is 1.07 bits per heavy atom. The predicted molar refractivity (Wildman–Crippen MR) is 156 cm³/mol. The van der Waals surface area contributed by atoms with Gasteiger partial charge in [-0.15, -0.1) is 0 Å². The van der Waals surface area contributed by atoms with Crippen LogP contribution in [0.3, 0.4) is 0 Å². The van der Waals surface area contributed by atoms with Crippen LogP contribution in [0.15, 0.2) is 53.1 Å². The number of hydrogen-bond acceptors (Lipinski definition) is 6. The zero-order chi connectivity index (χ0) is 28.2. The lowest BCUT2D eigenvalue weighted by molar-refractivity contribution is -0.105. The van der Waals surface area contributed by atoms with Crippen molar-refractivity contribution in [3.63, 3.8) is 0 Å². The van der Waals surface area contributed by atoms with Crippen LogP contribution in [0, 0.1) is 24.2 Å². The highest BCUT2D eigenvalue weighted by Gasteiger charge is 2.43. The maximum absolute atomic E-state index is 12.3. The van der Waals surface area contributed by atoms with Gasteiger partial charge in [-0.1, -0.05) is 37.8 Å². The van der Waals surface area contributed by atoms with Gasteiger partial charge in [0.05, 0.1) is 19.8 Å². The van der Waals surface area contributed by atoms with Crippen LogP contribution < -0.4 is 15.4 Å². The smallest absolute Gasteiger partial charge is 0.324 e. The Morgan fingerprint density at radius 2 is 1.82 bits per heavy atom. The Balaban J connectivity index is 1.07. The standard InChI is InChI=1S/C32H38N4O4/c1-23-18-25(10-13-27(23)39-17-5-15-36-16-14-32(20-36)21-38-22-32)7-6-24-8-11-26(12-9-24)33-30(37)34-29-19-28(40-35-29)31(2,3)4/h8-13,18-19H,5,14-17,20-22H2,1-4H3,(H2,33,34,35,37). The molecule has 40 heavy (non-hydrogen) atoms. The molecule has 0 radical (unpaired) electrons. The molecule has 8 heteroatoms. The number of aryl methyl sites for hydroxylation is 1. The number of rotatable bonds is 7. The molecule has 0 atom stereocenters. The summed E-state index contributed by atoms with van der Waals surface area (Å²) in [6.45, 7) is 14.1. The molecule has 5 rings (SSSR count). The summed E-state index contributed by atoms with van der Waals surface area (Å²) in [5.41, 5.74) is 3.77. The summed E-state index contributed by atoms with van der Waals surface area (Å²) in [6.07, 6.45) is 2.28. The summed E-state index contributed by atoms with van der Waals surface area (Å²) in [7, 11) is 0. The van der Waals surface area contributed by atoms with Gasteiger partial charge in [-0.25, -0.2) is 4.79 Å². The second kappa shape index (κ2) is 11.7. The van der Waals surface area contributed by atoms with Gasteiger partial charge in [0.15, 0.2) is 5.82 Å². The lowest BCUT2D eigenvalue weighted by Crippen LogP contribution is -2.44. The largest absolute Gasteiger partial charge is 0.493 e. The Bertz CT molecular complexity index is 1390. The molecule has 0 unspecified atom stereocenters. The number of nitrogens with one attached hydrogen (secondary N) is 2. The topological polar surface area (TPSA) is 88.9 Å². The van der Waals surface area contributed by atoms with Crippen molar-refractivity contribution in [3.05, 3.63) is 71.0 Å². The first kappa shape index (κ1) is 27.8. The average molecular weight is 543 g/mol. The zero-order valence-electron chi connectivity index (χ0n) is 23.8. The van der Waals surface area contributed by atoms with E-state index in [-0.39, 0.29) is 5.41 Å². The Hall–Kier alpha value is -3.80. The first-order chi connectivity index (χ1) is 19.2. The summed E-state index contributed by atoms with van der Waals surface area (Å²) in [5, 5.41) is 9.39. The number of nitrogens with zero attached hydrogens (tertiary/aromatic N) is 2. The van der Waals surface area contributed by atoms with Crippen molar-refractivity contribution in [3.8, 4) is 17.6 Å². The molecule has 0 aliphatic carbocycles. The zero-order valence-corrected chi connectivity index (χ0v) is 23.8. The van der Waals surface area contributed by atoms with Crippen LogP contribution in [-0.2, 0) is 10.2 Å². The van der Waals surface area contributed by atoms with Crippen molar-refractivity contribution in [1.29, 1.82) is 0 Å². The summed E-state index contributed by atoms with van der Waals surface area (Å²) in [5.74, 6) is 8.39. The average Bonchev–Trinajstić information content (AvgIpc) is 3.55. The normalized spacial score (nSPS) is 16.2. The van der Waals surface area contributed by atoms with E-state index in [2.05, 4.69) is 45.5 Å². The highest BCUT2D eigenvalue weighted by atomic mass is 16.5. The van der Waals surface area contributed by atoms with Crippen molar-refractivity contribution >= 4 is 17.5 Å². The molecule has 0 saturated carbocycles. The molecule has 8 nitrogen and oxygen atoms in total. The number of ether oxygens (including phenoxy) is 2. The Kier molecular flexibility index (Phi) is 8.15. The lowest BCUT2D eigenvalue weighted by Gasteiger charge is -2.37. The predicted octanol–water partition coefficient (Wildman–Crippen LogP) is 5.82. The molecular formula is C32H38N4O4. The van der Waals surface area contributed by atoms with E-state index >= 15 is 0 Å². The minimum atomic E-state index is -0.390. The van der Waals surface area contributed by atoms with Gasteiger partial charge in [-0.2, -0.15) is 0 Å². The number of amides is 2. The van der Waals surface area contributed by atoms with Gasteiger partial charge in [0.25, 0.3) is 0 Å². The van der Waals surface area contributed by atoms with Crippen molar-refractivity contribution in [2.45, 2.75) is 46.0 Å². The van der Waals surface area contributed by atoms with E-state index < -0.39 is 6.03 Å². The molecule has 210 valence electrons. The van der Waals surface area contributed by atoms with Gasteiger partial charge in [-0.05, 0) is 74.3 Å². The summed E-state index contributed by atoms with van der Waals surface area (Å²) < 4.78 is 16.8. The van der Waals surface area contributed by atoms with Gasteiger partial charge in [0.2, 0.25) is 0 Å². The van der Waals surface area contributed by atoms with E-state index in [0.717, 1.165) is 55.2 Å². The fraction of sp³-hybridized carbons (Fsp3) is 0.438. The van der Waals surface area contributed by atoms with E-state index in [1.54, 1.807) is 6.07 Å². The van der Waals surface area contributed by atoms with Crippen molar-refractivity contribution in [2.75, 3.05) is 50.1 Å². The van der Waals surface area contributed by atoms with E-state index in [1.165, 1.54) is 13.0 Å². The minimum Gasteiger partial charge on any atom is -0.493 e. The third kappa shape index (κ3) is 7.04. The van der Waals surface area contributed by atoms with Crippen molar-refractivity contribution < 1.29 is 18.8 Å². The highest BCUT2D eigenvalue weighted by molar-refractivity contribution is 5.99. The number of benzene rings is 2. The Morgan fingerprint density at radius 3 is 2.48 bits per heavy atom. The van der Waals surface area contributed by atoms with Crippen LogP contribution in [0.2, 0.25) is 0 Å². The molecule has 2 saturated heterocycles. The molecule has 1 spiro atoms. The number of carbonyl (C=O) groups is 1. The maximum Gasteiger partial charge on any atom is 0.324 e. The van der Waals surface area contributed by atoms with Gasteiger partial charge in [0, 0.05) is 46.8 Å². The molecule has 1 aromatic heterocycles. The second-order valence-electron chi connectivity index (χ2n) is 11.9. The van der Waals surface area contributed by atoms with E-state index in [1.807, 2.05) is 57.2 Å². The van der Waals surface area contributed by atoms with Crippen LogP contribution in [0.5, 0.6) is 5.75 Å². The molecule has 2 aliphatic rings. The summed E-state index contributed by atoms with van der Waals surface area (Å²) in [4.78, 5) is 14.9. The van der Waals surface area contributed by atoms with Gasteiger partial charge in [0.1, 0.15) is 11.5 Å². The van der Waals surface area contributed by atoms with Crippen LogP contribution in [-0.4, -0.2) is 55.5 Å². The Labute approximate surface area is 236 Å². The number of aromatic nitrogens is 1. The van der Waals surface area contributed by atoms with Gasteiger partial charge in [-0.3, -0.25) is 5.32 Å². The molecule has 3 heterocycles. The molecule has 2 amide bonds.